The van der Waals surface area contributed by atoms with Gasteiger partial charge in [-0.1, -0.05) is 24.3 Å². The Hall–Kier alpha value is -3.04. The average molecular weight is 356 g/mol. The highest BCUT2D eigenvalue weighted by Gasteiger charge is 2.40. The van der Waals surface area contributed by atoms with E-state index in [1.807, 2.05) is 0 Å². The number of alkyl halides is 3. The van der Waals surface area contributed by atoms with Crippen LogP contribution < -0.4 is 11.5 Å². The normalized spacial score (nSPS) is 12.8. The zero-order valence-electron chi connectivity index (χ0n) is 13.0. The molecule has 7 nitrogen and oxygen atoms in total. The fourth-order valence-corrected chi connectivity index (χ4v) is 2.28. The Morgan fingerprint density at radius 3 is 2.28 bits per heavy atom. The Balaban J connectivity index is 2.53. The summed E-state index contributed by atoms with van der Waals surface area (Å²) in [6.45, 7) is 0.855. The second kappa shape index (κ2) is 6.46. The minimum atomic E-state index is -4.61. The summed E-state index contributed by atoms with van der Waals surface area (Å²) < 4.78 is 39.3. The number of benzene rings is 1. The van der Waals surface area contributed by atoms with Crippen LogP contribution in [0.3, 0.4) is 0 Å². The molecular formula is C15H15F3N4O3. The van der Waals surface area contributed by atoms with Gasteiger partial charge in [-0.3, -0.25) is 9.59 Å². The predicted molar refractivity (Wildman–Crippen MR) is 82.7 cm³/mol. The molecule has 0 aliphatic heterocycles. The van der Waals surface area contributed by atoms with Crippen molar-refractivity contribution in [3.63, 3.8) is 0 Å². The fourth-order valence-electron chi connectivity index (χ4n) is 2.28. The van der Waals surface area contributed by atoms with Gasteiger partial charge in [0, 0.05) is 5.56 Å². The lowest BCUT2D eigenvalue weighted by Gasteiger charge is -2.17. The first-order valence-corrected chi connectivity index (χ1v) is 7.08. The molecule has 134 valence electrons. The number of rotatable bonds is 5. The Kier molecular flexibility index (Phi) is 4.73. The SMILES string of the molecule is C[C@H](n1nc(-c2ccc(CC(=O)O)cc2)c(C(N)=O)c1N)C(F)(F)F. The Morgan fingerprint density at radius 2 is 1.84 bits per heavy atom. The van der Waals surface area contributed by atoms with Crippen molar-refractivity contribution in [2.75, 3.05) is 5.73 Å². The lowest BCUT2D eigenvalue weighted by atomic mass is 10.0. The average Bonchev–Trinajstić information content (AvgIpc) is 2.83. The zero-order chi connectivity index (χ0) is 18.9. The van der Waals surface area contributed by atoms with Crippen molar-refractivity contribution in [1.82, 2.24) is 9.78 Å². The fraction of sp³-hybridized carbons (Fsp3) is 0.267. The van der Waals surface area contributed by atoms with E-state index in [9.17, 15) is 22.8 Å². The number of nitrogens with two attached hydrogens (primary N) is 2. The van der Waals surface area contributed by atoms with Crippen LogP contribution in [0.5, 0.6) is 0 Å². The van der Waals surface area contributed by atoms with E-state index in [2.05, 4.69) is 5.10 Å². The minimum Gasteiger partial charge on any atom is -0.481 e. The third kappa shape index (κ3) is 3.73. The number of nitrogens with zero attached hydrogens (tertiary/aromatic N) is 2. The van der Waals surface area contributed by atoms with Gasteiger partial charge < -0.3 is 16.6 Å². The van der Waals surface area contributed by atoms with E-state index < -0.39 is 29.9 Å². The van der Waals surface area contributed by atoms with Crippen LogP contribution in [-0.4, -0.2) is 32.9 Å². The molecule has 0 radical (unpaired) electrons. The highest BCUT2D eigenvalue weighted by Crippen LogP contribution is 2.35. The molecule has 0 saturated heterocycles. The number of aliphatic carboxylic acids is 1. The maximum atomic E-state index is 12.9. The van der Waals surface area contributed by atoms with Gasteiger partial charge in [-0.15, -0.1) is 0 Å². The van der Waals surface area contributed by atoms with Gasteiger partial charge in [0.25, 0.3) is 5.91 Å². The first-order valence-electron chi connectivity index (χ1n) is 7.08. The number of amides is 1. The lowest BCUT2D eigenvalue weighted by Crippen LogP contribution is -2.26. The van der Waals surface area contributed by atoms with E-state index in [0.29, 0.717) is 15.8 Å². The number of hydrogen-bond donors (Lipinski definition) is 3. The molecular weight excluding hydrogens is 341 g/mol. The molecule has 0 saturated carbocycles. The smallest absolute Gasteiger partial charge is 0.410 e. The van der Waals surface area contributed by atoms with E-state index in [1.54, 1.807) is 0 Å². The Labute approximate surface area is 140 Å². The zero-order valence-corrected chi connectivity index (χ0v) is 13.0. The third-order valence-electron chi connectivity index (χ3n) is 3.62. The second-order valence-corrected chi connectivity index (χ2v) is 5.40. The standard InChI is InChI=1S/C15H15F3N4O3/c1-7(15(16,17)18)22-13(19)11(14(20)25)12(21-22)9-4-2-8(3-5-9)6-10(23)24/h2-5,7H,6,19H2,1H3,(H2,20,25)(H,23,24)/t7-/m0/s1. The van der Waals surface area contributed by atoms with E-state index in [0.717, 1.165) is 6.92 Å². The highest BCUT2D eigenvalue weighted by molar-refractivity contribution is 6.03. The van der Waals surface area contributed by atoms with Crippen molar-refractivity contribution < 1.29 is 27.9 Å². The maximum Gasteiger partial charge on any atom is 0.410 e. The molecule has 1 aromatic heterocycles. The first-order chi connectivity index (χ1) is 11.5. The number of carbonyl (C=O) groups is 2. The predicted octanol–water partition coefficient (Wildman–Crippen LogP) is 1.98. The van der Waals surface area contributed by atoms with Crippen LogP contribution in [0.1, 0.15) is 28.9 Å². The lowest BCUT2D eigenvalue weighted by molar-refractivity contribution is -0.164. The molecule has 0 aliphatic carbocycles. The van der Waals surface area contributed by atoms with Gasteiger partial charge in [-0.2, -0.15) is 18.3 Å². The van der Waals surface area contributed by atoms with Crippen LogP contribution in [-0.2, 0) is 11.2 Å². The molecule has 2 aromatic rings. The Morgan fingerprint density at radius 1 is 1.28 bits per heavy atom. The van der Waals surface area contributed by atoms with Gasteiger partial charge in [-0.25, -0.2) is 4.68 Å². The molecule has 1 amide bonds. The van der Waals surface area contributed by atoms with Crippen molar-refractivity contribution in [3.05, 3.63) is 35.4 Å². The van der Waals surface area contributed by atoms with E-state index >= 15 is 0 Å². The molecule has 1 atom stereocenters. The summed E-state index contributed by atoms with van der Waals surface area (Å²) in [5, 5.41) is 12.6. The number of aromatic nitrogens is 2. The molecule has 0 spiro atoms. The number of halogens is 3. The molecule has 25 heavy (non-hydrogen) atoms. The van der Waals surface area contributed by atoms with Gasteiger partial charge in [0.05, 0.1) is 6.42 Å². The minimum absolute atomic E-state index is 0.0945. The van der Waals surface area contributed by atoms with Crippen molar-refractivity contribution in [1.29, 1.82) is 0 Å². The van der Waals surface area contributed by atoms with Gasteiger partial charge in [-0.05, 0) is 12.5 Å². The van der Waals surface area contributed by atoms with Crippen LogP contribution in [0.25, 0.3) is 11.3 Å². The molecule has 1 heterocycles. The summed E-state index contributed by atoms with van der Waals surface area (Å²) in [6.07, 6.45) is -4.83. The van der Waals surface area contributed by atoms with Crippen LogP contribution in [0, 0.1) is 0 Å². The molecule has 5 N–H and O–H groups in total. The van der Waals surface area contributed by atoms with Crippen LogP contribution in [0.4, 0.5) is 19.0 Å². The quantitative estimate of drug-likeness (QED) is 0.756. The van der Waals surface area contributed by atoms with E-state index in [4.69, 9.17) is 16.6 Å². The summed E-state index contributed by atoms with van der Waals surface area (Å²) >= 11 is 0. The molecule has 0 fully saturated rings. The molecule has 10 heteroatoms. The third-order valence-corrected chi connectivity index (χ3v) is 3.62. The summed E-state index contributed by atoms with van der Waals surface area (Å²) in [5.41, 5.74) is 11.3. The van der Waals surface area contributed by atoms with Gasteiger partial charge >= 0.3 is 12.1 Å². The van der Waals surface area contributed by atoms with Crippen molar-refractivity contribution >= 4 is 17.7 Å². The molecule has 0 aliphatic rings. The Bertz CT molecular complexity index is 813. The first kappa shape index (κ1) is 18.3. The number of carbonyl (C=O) groups excluding carboxylic acids is 1. The number of carboxylic acids is 1. The van der Waals surface area contributed by atoms with Crippen molar-refractivity contribution in [2.24, 2.45) is 5.73 Å². The van der Waals surface area contributed by atoms with Crippen LogP contribution in [0.15, 0.2) is 24.3 Å². The van der Waals surface area contributed by atoms with E-state index in [-0.39, 0.29) is 17.7 Å². The summed E-state index contributed by atoms with van der Waals surface area (Å²) in [7, 11) is 0. The summed E-state index contributed by atoms with van der Waals surface area (Å²) in [5.74, 6) is -2.53. The second-order valence-electron chi connectivity index (χ2n) is 5.40. The maximum absolute atomic E-state index is 12.9. The van der Waals surface area contributed by atoms with E-state index in [1.165, 1.54) is 24.3 Å². The molecule has 2 rings (SSSR count). The van der Waals surface area contributed by atoms with Crippen molar-refractivity contribution in [2.45, 2.75) is 25.6 Å². The van der Waals surface area contributed by atoms with Crippen LogP contribution in [0.2, 0.25) is 0 Å². The summed E-state index contributed by atoms with van der Waals surface area (Å²) in [6, 6.07) is 3.77. The van der Waals surface area contributed by atoms with Crippen molar-refractivity contribution in [3.8, 4) is 11.3 Å². The van der Waals surface area contributed by atoms with Gasteiger partial charge in [0.1, 0.15) is 23.1 Å². The van der Waals surface area contributed by atoms with Gasteiger partial charge in [0.2, 0.25) is 0 Å². The molecule has 0 unspecified atom stereocenters. The number of hydrogen-bond acceptors (Lipinski definition) is 4. The molecule has 1 aromatic carbocycles. The number of nitrogen functional groups attached to an aromatic ring is 1. The topological polar surface area (TPSA) is 124 Å². The number of carboxylic acid groups (broad SMARTS) is 1. The highest BCUT2D eigenvalue weighted by atomic mass is 19.4. The largest absolute Gasteiger partial charge is 0.481 e. The number of primary amides is 1. The molecule has 0 bridgehead atoms. The number of anilines is 1. The van der Waals surface area contributed by atoms with Crippen LogP contribution >= 0.6 is 0 Å². The van der Waals surface area contributed by atoms with Gasteiger partial charge in [0.15, 0.2) is 0 Å². The summed E-state index contributed by atoms with van der Waals surface area (Å²) in [4.78, 5) is 22.3. The monoisotopic (exact) mass is 356 g/mol.